The molecule has 3 unspecified atom stereocenters. The summed E-state index contributed by atoms with van der Waals surface area (Å²) in [5.41, 5.74) is 10.5. The lowest BCUT2D eigenvalue weighted by atomic mass is 10.0. The van der Waals surface area contributed by atoms with Crippen LogP contribution in [0, 0.1) is 5.92 Å². The molecule has 2 aliphatic rings. The smallest absolute Gasteiger partial charge is 0.250 e. The van der Waals surface area contributed by atoms with Crippen LogP contribution >= 0.6 is 0 Å². The summed E-state index contributed by atoms with van der Waals surface area (Å²) in [6.07, 6.45) is 2.81. The predicted octanol–water partition coefficient (Wildman–Crippen LogP) is -0.337. The van der Waals surface area contributed by atoms with Crippen molar-refractivity contribution in [2.75, 3.05) is 11.4 Å². The first-order valence-electron chi connectivity index (χ1n) is 10.6. The molecule has 0 fully saturated rings. The lowest BCUT2D eigenvalue weighted by molar-refractivity contribution is -0.129. The van der Waals surface area contributed by atoms with Crippen LogP contribution in [0.4, 0.5) is 5.69 Å². The zero-order chi connectivity index (χ0) is 22.5. The molecule has 0 radical (unpaired) electrons. The Morgan fingerprint density at radius 2 is 2.06 bits per heavy atom. The molecule has 0 aromatic heterocycles. The summed E-state index contributed by atoms with van der Waals surface area (Å²) in [7, 11) is 0. The first-order chi connectivity index (χ1) is 14.8. The standard InChI is InChI=1S/C21H31N7O3/c1-3-12(2)9-18(29)25-15-8-7-13-5-4-6-14-10-16(28(19(13)14)21(15)31)20(30)24-11-17(22)26-27-23/h4-6,12,15-16,27H,3,7-11,23H2,1-2H3,(H2,22,26)(H,24,30)(H,25,29). The number of para-hydroxylation sites is 1. The number of amides is 3. The van der Waals surface area contributed by atoms with Crippen molar-refractivity contribution in [3.63, 3.8) is 0 Å². The largest absolute Gasteiger partial charge is 0.384 e. The Morgan fingerprint density at radius 1 is 1.32 bits per heavy atom. The Morgan fingerprint density at radius 3 is 2.77 bits per heavy atom. The molecule has 3 atom stereocenters. The van der Waals surface area contributed by atoms with E-state index in [9.17, 15) is 14.4 Å². The molecule has 31 heavy (non-hydrogen) atoms. The number of hydrogen-bond donors (Lipinski definition) is 5. The zero-order valence-electron chi connectivity index (χ0n) is 18.0. The van der Waals surface area contributed by atoms with E-state index in [1.807, 2.05) is 32.0 Å². The highest BCUT2D eigenvalue weighted by Gasteiger charge is 2.43. The Bertz CT molecular complexity index is 886. The number of hydrogen-bond acceptors (Lipinski definition) is 6. The van der Waals surface area contributed by atoms with Crippen molar-refractivity contribution in [1.82, 2.24) is 16.2 Å². The quantitative estimate of drug-likeness (QED) is 0.165. The minimum absolute atomic E-state index is 0.000162. The van der Waals surface area contributed by atoms with Crippen LogP contribution in [0.1, 0.15) is 44.2 Å². The SMILES string of the molecule is CCC(C)CC(=O)NC1CCc2cccc3c2N(C1=O)C(C(=O)NC/C(N)=N/NN)C3. The van der Waals surface area contributed by atoms with Crippen molar-refractivity contribution in [2.24, 2.45) is 22.6 Å². The molecule has 0 saturated heterocycles. The van der Waals surface area contributed by atoms with Crippen LogP contribution in [-0.4, -0.2) is 42.2 Å². The van der Waals surface area contributed by atoms with E-state index in [1.54, 1.807) is 4.90 Å². The van der Waals surface area contributed by atoms with E-state index in [2.05, 4.69) is 21.3 Å². The number of carbonyl (C=O) groups is 3. The molecule has 2 aliphatic heterocycles. The van der Waals surface area contributed by atoms with Crippen molar-refractivity contribution in [1.29, 1.82) is 0 Å². The topological polar surface area (TPSA) is 155 Å². The van der Waals surface area contributed by atoms with Gasteiger partial charge in [-0.15, -0.1) is 0 Å². The number of hydrazone groups is 1. The van der Waals surface area contributed by atoms with Crippen LogP contribution in [0.15, 0.2) is 23.3 Å². The number of rotatable bonds is 8. The maximum Gasteiger partial charge on any atom is 0.250 e. The lowest BCUT2D eigenvalue weighted by Gasteiger charge is -2.28. The van der Waals surface area contributed by atoms with Crippen molar-refractivity contribution >= 4 is 29.2 Å². The van der Waals surface area contributed by atoms with Gasteiger partial charge in [0.25, 0.3) is 0 Å². The van der Waals surface area contributed by atoms with Gasteiger partial charge in [-0.25, -0.2) is 11.4 Å². The maximum atomic E-state index is 13.5. The number of nitrogens with zero attached hydrogens (tertiary/aromatic N) is 2. The van der Waals surface area contributed by atoms with Gasteiger partial charge in [0.05, 0.1) is 12.2 Å². The van der Waals surface area contributed by atoms with Gasteiger partial charge in [-0.05, 0) is 29.9 Å². The molecule has 7 N–H and O–H groups in total. The average molecular weight is 430 g/mol. The van der Waals surface area contributed by atoms with Gasteiger partial charge in [0.2, 0.25) is 17.7 Å². The predicted molar refractivity (Wildman–Crippen MR) is 118 cm³/mol. The average Bonchev–Trinajstić information content (AvgIpc) is 3.08. The Labute approximate surface area is 181 Å². The van der Waals surface area contributed by atoms with E-state index in [-0.39, 0.29) is 36.0 Å². The monoisotopic (exact) mass is 429 g/mol. The normalized spacial score (nSPS) is 21.2. The number of nitrogens with two attached hydrogens (primary N) is 2. The third kappa shape index (κ3) is 4.96. The van der Waals surface area contributed by atoms with E-state index in [0.717, 1.165) is 23.2 Å². The fourth-order valence-corrected chi connectivity index (χ4v) is 4.11. The first kappa shape index (κ1) is 22.5. The van der Waals surface area contributed by atoms with Crippen LogP contribution in [0.2, 0.25) is 0 Å². The number of nitrogens with one attached hydrogen (secondary N) is 3. The van der Waals surface area contributed by atoms with Crippen molar-refractivity contribution in [3.05, 3.63) is 29.3 Å². The third-order valence-electron chi connectivity index (χ3n) is 5.93. The fourth-order valence-electron chi connectivity index (χ4n) is 4.11. The summed E-state index contributed by atoms with van der Waals surface area (Å²) >= 11 is 0. The second-order valence-corrected chi connectivity index (χ2v) is 8.18. The van der Waals surface area contributed by atoms with Crippen LogP contribution < -0.4 is 32.6 Å². The first-order valence-corrected chi connectivity index (χ1v) is 10.6. The number of amidine groups is 1. The lowest BCUT2D eigenvalue weighted by Crippen LogP contribution is -2.55. The van der Waals surface area contributed by atoms with Crippen LogP contribution in [-0.2, 0) is 27.2 Å². The summed E-state index contributed by atoms with van der Waals surface area (Å²) < 4.78 is 0. The van der Waals surface area contributed by atoms with Crippen LogP contribution in [0.25, 0.3) is 0 Å². The highest BCUT2D eigenvalue weighted by Crippen LogP contribution is 2.39. The minimum Gasteiger partial charge on any atom is -0.384 e. The van der Waals surface area contributed by atoms with Crippen LogP contribution in [0.5, 0.6) is 0 Å². The Kier molecular flexibility index (Phi) is 7.11. The van der Waals surface area contributed by atoms with Crippen molar-refractivity contribution in [3.8, 4) is 0 Å². The highest BCUT2D eigenvalue weighted by atomic mass is 16.2. The molecule has 3 amide bonds. The summed E-state index contributed by atoms with van der Waals surface area (Å²) in [6, 6.07) is 4.46. The van der Waals surface area contributed by atoms with E-state index in [4.69, 9.17) is 11.6 Å². The number of hydrazine groups is 1. The minimum atomic E-state index is -0.714. The van der Waals surface area contributed by atoms with Crippen molar-refractivity contribution in [2.45, 2.75) is 58.0 Å². The molecule has 0 bridgehead atoms. The second-order valence-electron chi connectivity index (χ2n) is 8.18. The van der Waals surface area contributed by atoms with Gasteiger partial charge in [0.1, 0.15) is 17.9 Å². The molecule has 10 heteroatoms. The van der Waals surface area contributed by atoms with Gasteiger partial charge in [0, 0.05) is 12.8 Å². The molecule has 0 spiro atoms. The van der Waals surface area contributed by atoms with E-state index >= 15 is 0 Å². The summed E-state index contributed by atoms with van der Waals surface area (Å²) in [5, 5.41) is 9.22. The third-order valence-corrected chi connectivity index (χ3v) is 5.93. The second kappa shape index (κ2) is 9.78. The summed E-state index contributed by atoms with van der Waals surface area (Å²) in [6.45, 7) is 4.04. The molecular weight excluding hydrogens is 398 g/mol. The number of carbonyl (C=O) groups excluding carboxylic acids is 3. The molecular formula is C21H31N7O3. The molecule has 1 aromatic carbocycles. The molecule has 168 valence electrons. The fraction of sp³-hybridized carbons (Fsp3) is 0.524. The highest BCUT2D eigenvalue weighted by molar-refractivity contribution is 6.08. The summed E-state index contributed by atoms with van der Waals surface area (Å²) in [4.78, 5) is 40.4. The Hall–Kier alpha value is -3.14. The Balaban J connectivity index is 1.81. The molecule has 0 aliphatic carbocycles. The van der Waals surface area contributed by atoms with Gasteiger partial charge in [-0.3, -0.25) is 19.3 Å². The molecule has 1 aromatic rings. The van der Waals surface area contributed by atoms with Gasteiger partial charge >= 0.3 is 0 Å². The van der Waals surface area contributed by atoms with Gasteiger partial charge in [-0.1, -0.05) is 38.5 Å². The molecule has 10 nitrogen and oxygen atoms in total. The van der Waals surface area contributed by atoms with Crippen molar-refractivity contribution < 1.29 is 14.4 Å². The molecule has 3 rings (SSSR count). The summed E-state index contributed by atoms with van der Waals surface area (Å²) in [5.74, 6) is 4.72. The van der Waals surface area contributed by atoms with E-state index < -0.39 is 12.1 Å². The number of anilines is 1. The van der Waals surface area contributed by atoms with E-state index in [1.165, 1.54) is 0 Å². The number of aryl methyl sites for hydroxylation is 1. The van der Waals surface area contributed by atoms with Crippen LogP contribution in [0.3, 0.4) is 0 Å². The maximum absolute atomic E-state index is 13.5. The van der Waals surface area contributed by atoms with Gasteiger partial charge < -0.3 is 16.4 Å². The number of benzene rings is 1. The molecule has 2 heterocycles. The zero-order valence-corrected chi connectivity index (χ0v) is 18.0. The van der Waals surface area contributed by atoms with Gasteiger partial charge in [-0.2, -0.15) is 5.10 Å². The van der Waals surface area contributed by atoms with E-state index in [0.29, 0.717) is 25.7 Å². The van der Waals surface area contributed by atoms with Gasteiger partial charge in [0.15, 0.2) is 0 Å². The molecule has 0 saturated carbocycles.